The third-order valence-corrected chi connectivity index (χ3v) is 8.14. The van der Waals surface area contributed by atoms with Crippen LogP contribution < -0.4 is 5.32 Å². The van der Waals surface area contributed by atoms with Crippen LogP contribution in [0.5, 0.6) is 0 Å². The summed E-state index contributed by atoms with van der Waals surface area (Å²) in [6, 6.07) is 34.5. The van der Waals surface area contributed by atoms with E-state index in [4.69, 9.17) is 9.47 Å². The van der Waals surface area contributed by atoms with Crippen molar-refractivity contribution in [1.29, 1.82) is 0 Å². The molecule has 7 heteroatoms. The van der Waals surface area contributed by atoms with Crippen molar-refractivity contribution in [2.75, 3.05) is 13.6 Å². The number of nitrogens with zero attached hydrogens (tertiary/aromatic N) is 1. The molecule has 4 aromatic carbocycles. The van der Waals surface area contributed by atoms with Gasteiger partial charge in [0.2, 0.25) is 0 Å². The molecule has 7 nitrogen and oxygen atoms in total. The Morgan fingerprint density at radius 2 is 1.47 bits per heavy atom. The minimum Gasteiger partial charge on any atom is -0.392 e. The molecule has 0 aromatic heterocycles. The minimum absolute atomic E-state index is 0.00919. The van der Waals surface area contributed by atoms with Gasteiger partial charge in [0, 0.05) is 36.7 Å². The molecule has 1 aliphatic heterocycles. The number of likely N-dealkylation sites (N-methyl/N-ethyl adjacent to an activating group) is 1. The highest BCUT2D eigenvalue weighted by molar-refractivity contribution is 5.94. The van der Waals surface area contributed by atoms with E-state index in [1.807, 2.05) is 111 Å². The molecule has 1 fully saturated rings. The first-order chi connectivity index (χ1) is 20.9. The van der Waals surface area contributed by atoms with Gasteiger partial charge < -0.3 is 25.0 Å². The van der Waals surface area contributed by atoms with Crippen molar-refractivity contribution in [2.45, 2.75) is 57.1 Å². The number of hydrogen-bond donors (Lipinski definition) is 3. The minimum atomic E-state index is -0.626. The molecule has 4 aromatic rings. The molecule has 1 amide bonds. The van der Waals surface area contributed by atoms with Crippen LogP contribution in [0.2, 0.25) is 0 Å². The topological polar surface area (TPSA) is 91.3 Å². The molecule has 3 N–H and O–H groups in total. The number of amides is 1. The number of aliphatic hydroxyl groups is 2. The fourth-order valence-electron chi connectivity index (χ4n) is 5.36. The third kappa shape index (κ3) is 7.96. The fraction of sp³-hybridized carbons (Fsp3) is 0.306. The molecular weight excluding hydrogens is 540 g/mol. The van der Waals surface area contributed by atoms with Gasteiger partial charge in [-0.1, -0.05) is 97.1 Å². The highest BCUT2D eigenvalue weighted by Gasteiger charge is 2.34. The summed E-state index contributed by atoms with van der Waals surface area (Å²) < 4.78 is 13.0. The maximum absolute atomic E-state index is 12.5. The van der Waals surface area contributed by atoms with Crippen LogP contribution in [-0.4, -0.2) is 46.8 Å². The number of ether oxygens (including phenoxy) is 2. The lowest BCUT2D eigenvalue weighted by Crippen LogP contribution is -2.43. The molecule has 224 valence electrons. The molecule has 0 aliphatic carbocycles. The van der Waals surface area contributed by atoms with Gasteiger partial charge in [0.1, 0.15) is 0 Å². The first kappa shape index (κ1) is 30.6. The lowest BCUT2D eigenvalue weighted by Gasteiger charge is -2.39. The van der Waals surface area contributed by atoms with Gasteiger partial charge >= 0.3 is 0 Å². The van der Waals surface area contributed by atoms with Crippen LogP contribution in [0.1, 0.15) is 70.0 Å². The largest absolute Gasteiger partial charge is 0.392 e. The summed E-state index contributed by atoms with van der Waals surface area (Å²) in [4.78, 5) is 14.6. The Bertz CT molecular complexity index is 1430. The van der Waals surface area contributed by atoms with E-state index in [9.17, 15) is 15.0 Å². The summed E-state index contributed by atoms with van der Waals surface area (Å²) in [5.41, 5.74) is 5.25. The second-order valence-corrected chi connectivity index (χ2v) is 11.2. The molecule has 0 bridgehead atoms. The van der Waals surface area contributed by atoms with Gasteiger partial charge in [0.25, 0.3) is 5.91 Å². The number of carbonyl (C=O) groups excluding carboxylic acids is 1. The van der Waals surface area contributed by atoms with Crippen LogP contribution >= 0.6 is 0 Å². The molecule has 0 saturated carbocycles. The number of carbonyl (C=O) groups is 1. The molecular formula is C36H40N2O5. The normalized spacial score (nSPS) is 20.0. The van der Waals surface area contributed by atoms with Gasteiger partial charge in [0.05, 0.1) is 24.9 Å². The predicted octanol–water partition coefficient (Wildman–Crippen LogP) is 5.71. The van der Waals surface area contributed by atoms with Gasteiger partial charge in [-0.2, -0.15) is 0 Å². The number of benzene rings is 4. The van der Waals surface area contributed by atoms with Crippen molar-refractivity contribution in [1.82, 2.24) is 10.2 Å². The van der Waals surface area contributed by atoms with E-state index in [1.165, 1.54) is 0 Å². The first-order valence-corrected chi connectivity index (χ1v) is 14.8. The lowest BCUT2D eigenvalue weighted by atomic mass is 9.98. The number of rotatable bonds is 11. The van der Waals surface area contributed by atoms with E-state index >= 15 is 0 Å². The highest BCUT2D eigenvalue weighted by atomic mass is 16.7. The Hall–Kier alpha value is -3.85. The van der Waals surface area contributed by atoms with E-state index in [0.717, 1.165) is 27.8 Å². The molecule has 1 saturated heterocycles. The number of hydrogen-bond acceptors (Lipinski definition) is 6. The van der Waals surface area contributed by atoms with E-state index in [-0.39, 0.29) is 30.8 Å². The summed E-state index contributed by atoms with van der Waals surface area (Å²) in [5, 5.41) is 23.5. The summed E-state index contributed by atoms with van der Waals surface area (Å²) >= 11 is 0. The molecule has 5 unspecified atom stereocenters. The van der Waals surface area contributed by atoms with Crippen LogP contribution in [0.4, 0.5) is 0 Å². The summed E-state index contributed by atoms with van der Waals surface area (Å²) in [6.45, 7) is 3.04. The van der Waals surface area contributed by atoms with Crippen molar-refractivity contribution in [3.05, 3.63) is 143 Å². The zero-order valence-electron chi connectivity index (χ0n) is 24.7. The summed E-state index contributed by atoms with van der Waals surface area (Å²) in [5.74, 6) is -0.114. The Balaban J connectivity index is 1.28. The van der Waals surface area contributed by atoms with Crippen LogP contribution in [0.3, 0.4) is 0 Å². The van der Waals surface area contributed by atoms with Gasteiger partial charge in [-0.3, -0.25) is 9.69 Å². The van der Waals surface area contributed by atoms with Crippen molar-refractivity contribution in [2.24, 2.45) is 0 Å². The SMILES string of the molecule is CC(C(O)c1ccccc1)N(C)CC1CC(c2ccc(CO)cc2)OC(c2ccc(CNC(=O)c3ccccc3)cc2)O1. The predicted molar refractivity (Wildman–Crippen MR) is 166 cm³/mol. The molecule has 0 radical (unpaired) electrons. The van der Waals surface area contributed by atoms with E-state index in [2.05, 4.69) is 10.2 Å². The summed E-state index contributed by atoms with van der Waals surface area (Å²) in [6.07, 6.45) is -0.918. The molecule has 1 aliphatic rings. The second-order valence-electron chi connectivity index (χ2n) is 11.2. The maximum atomic E-state index is 12.5. The van der Waals surface area contributed by atoms with Crippen LogP contribution in [0.25, 0.3) is 0 Å². The number of nitrogens with one attached hydrogen (secondary N) is 1. The van der Waals surface area contributed by atoms with Crippen LogP contribution in [0.15, 0.2) is 109 Å². The average Bonchev–Trinajstić information content (AvgIpc) is 3.07. The molecule has 1 heterocycles. The van der Waals surface area contributed by atoms with Crippen molar-refractivity contribution >= 4 is 5.91 Å². The summed E-state index contributed by atoms with van der Waals surface area (Å²) in [7, 11) is 2.01. The van der Waals surface area contributed by atoms with Crippen molar-refractivity contribution in [3.63, 3.8) is 0 Å². The monoisotopic (exact) mass is 580 g/mol. The molecule has 5 rings (SSSR count). The van der Waals surface area contributed by atoms with Gasteiger partial charge in [-0.25, -0.2) is 0 Å². The number of aliphatic hydroxyl groups excluding tert-OH is 2. The third-order valence-electron chi connectivity index (χ3n) is 8.14. The van der Waals surface area contributed by atoms with Crippen LogP contribution in [-0.2, 0) is 22.6 Å². The second kappa shape index (κ2) is 14.6. The standard InChI is InChI=1S/C36H40N2O5/c1-25(34(40)29-9-5-3-6-10-29)38(2)23-32-21-33(28-17-15-27(24-39)16-18-28)43-36(42-32)31-19-13-26(14-20-31)22-37-35(41)30-11-7-4-8-12-30/h3-20,25,32-34,36,39-40H,21-24H2,1-2H3,(H,37,41). The zero-order valence-corrected chi connectivity index (χ0v) is 24.7. The Labute approximate surface area is 253 Å². The Morgan fingerprint density at radius 1 is 0.860 bits per heavy atom. The van der Waals surface area contributed by atoms with Crippen molar-refractivity contribution in [3.8, 4) is 0 Å². The van der Waals surface area contributed by atoms with Gasteiger partial charge in [0.15, 0.2) is 6.29 Å². The maximum Gasteiger partial charge on any atom is 0.251 e. The first-order valence-electron chi connectivity index (χ1n) is 14.8. The van der Waals surface area contributed by atoms with E-state index in [1.54, 1.807) is 12.1 Å². The fourth-order valence-corrected chi connectivity index (χ4v) is 5.36. The molecule has 43 heavy (non-hydrogen) atoms. The highest BCUT2D eigenvalue weighted by Crippen LogP contribution is 2.38. The quantitative estimate of drug-likeness (QED) is 0.211. The molecule has 0 spiro atoms. The Morgan fingerprint density at radius 3 is 2.12 bits per heavy atom. The van der Waals surface area contributed by atoms with E-state index < -0.39 is 12.4 Å². The van der Waals surface area contributed by atoms with Gasteiger partial charge in [-0.15, -0.1) is 0 Å². The zero-order chi connectivity index (χ0) is 30.2. The van der Waals surface area contributed by atoms with E-state index in [0.29, 0.717) is 25.1 Å². The smallest absolute Gasteiger partial charge is 0.251 e. The van der Waals surface area contributed by atoms with Crippen molar-refractivity contribution < 1.29 is 24.5 Å². The van der Waals surface area contributed by atoms with Gasteiger partial charge in [-0.05, 0) is 48.4 Å². The lowest BCUT2D eigenvalue weighted by molar-refractivity contribution is -0.253. The Kier molecular flexibility index (Phi) is 10.4. The van der Waals surface area contributed by atoms with Crippen LogP contribution in [0, 0.1) is 0 Å². The molecule has 5 atom stereocenters. The average molecular weight is 581 g/mol.